The van der Waals surface area contributed by atoms with Gasteiger partial charge in [0.05, 0.1) is 17.3 Å². The van der Waals surface area contributed by atoms with Crippen molar-refractivity contribution in [1.29, 1.82) is 0 Å². The van der Waals surface area contributed by atoms with Gasteiger partial charge < -0.3 is 15.3 Å². The highest BCUT2D eigenvalue weighted by Gasteiger charge is 2.61. The Labute approximate surface area is 396 Å². The highest BCUT2D eigenvalue weighted by Crippen LogP contribution is 2.64. The number of carbonyl (C=O) groups excluding carboxylic acids is 1. The zero-order valence-corrected chi connectivity index (χ0v) is 44.7. The lowest BCUT2D eigenvalue weighted by atomic mass is 9.44. The van der Waals surface area contributed by atoms with Crippen LogP contribution < -0.4 is 0 Å². The highest BCUT2D eigenvalue weighted by atomic mass is 16.3. The van der Waals surface area contributed by atoms with Crippen LogP contribution in [0.3, 0.4) is 0 Å². The molecule has 4 fully saturated rings. The van der Waals surface area contributed by atoms with E-state index in [0.29, 0.717) is 30.0 Å². The molecule has 0 aromatic rings. The number of hydrogen-bond acceptors (Lipinski definition) is 4. The fraction of sp³-hybridized carbons (Fsp3) is 0.783. The Morgan fingerprint density at radius 2 is 0.859 bits per heavy atom. The Morgan fingerprint density at radius 3 is 1.27 bits per heavy atom. The second-order valence-electron chi connectivity index (χ2n) is 24.6. The van der Waals surface area contributed by atoms with Crippen LogP contribution >= 0.6 is 0 Å². The van der Waals surface area contributed by atoms with E-state index in [1.165, 1.54) is 33.4 Å². The minimum Gasteiger partial charge on any atom is -0.393 e. The predicted molar refractivity (Wildman–Crippen MR) is 276 cm³/mol. The molecule has 4 saturated carbocycles. The normalized spacial score (nSPS) is 34.2. The second-order valence-corrected chi connectivity index (χ2v) is 24.6. The molecule has 4 rings (SSSR count). The third-order valence-electron chi connectivity index (χ3n) is 17.9. The maximum absolute atomic E-state index is 12.6. The summed E-state index contributed by atoms with van der Waals surface area (Å²) in [5.74, 6) is 1.82. The summed E-state index contributed by atoms with van der Waals surface area (Å²) in [4.78, 5) is 12.6. The maximum Gasteiger partial charge on any atom is 0.138 e. The first-order valence-electron chi connectivity index (χ1n) is 26.2. The van der Waals surface area contributed by atoms with Crippen LogP contribution in [0.25, 0.3) is 0 Å². The lowest BCUT2D eigenvalue weighted by molar-refractivity contribution is -0.195. The van der Waals surface area contributed by atoms with Gasteiger partial charge in [-0.25, -0.2) is 0 Å². The van der Waals surface area contributed by atoms with Gasteiger partial charge in [0, 0.05) is 11.8 Å². The summed E-state index contributed by atoms with van der Waals surface area (Å²) in [6, 6.07) is 0. The van der Waals surface area contributed by atoms with Gasteiger partial charge in [0.1, 0.15) is 5.78 Å². The van der Waals surface area contributed by atoms with Gasteiger partial charge in [-0.3, -0.25) is 4.79 Å². The lowest BCUT2D eigenvalue weighted by Crippen LogP contribution is -2.60. The van der Waals surface area contributed by atoms with Gasteiger partial charge >= 0.3 is 0 Å². The molecule has 0 aromatic heterocycles. The molecule has 4 aliphatic carbocycles. The Kier molecular flexibility index (Phi) is 21.0. The Hall–Kier alpha value is -2.01. The second kappa shape index (κ2) is 23.8. The van der Waals surface area contributed by atoms with Crippen molar-refractivity contribution >= 4 is 5.78 Å². The van der Waals surface area contributed by atoms with Crippen molar-refractivity contribution in [1.82, 2.24) is 0 Å². The molecule has 64 heavy (non-hydrogen) atoms. The van der Waals surface area contributed by atoms with Crippen molar-refractivity contribution in [2.45, 2.75) is 257 Å². The Bertz CT molecular complexity index is 1700. The van der Waals surface area contributed by atoms with E-state index in [4.69, 9.17) is 0 Å². The van der Waals surface area contributed by atoms with E-state index in [9.17, 15) is 20.1 Å². The van der Waals surface area contributed by atoms with E-state index < -0.39 is 11.2 Å². The molecule has 0 radical (unpaired) electrons. The number of ketones is 1. The summed E-state index contributed by atoms with van der Waals surface area (Å²) in [6.07, 6.45) is 34.4. The van der Waals surface area contributed by atoms with E-state index in [1.54, 1.807) is 0 Å². The Balaban J connectivity index is 0.000000340. The molecule has 4 nitrogen and oxygen atoms in total. The molecular weight excluding hydrogens is 785 g/mol. The van der Waals surface area contributed by atoms with Crippen molar-refractivity contribution in [3.05, 3.63) is 69.9 Å². The van der Waals surface area contributed by atoms with Crippen LogP contribution in [0.2, 0.25) is 0 Å². The number of Topliss-reactive ketones (excluding diaryl/α,β-unsaturated/α-hetero) is 1. The minimum atomic E-state index is -0.630. The van der Waals surface area contributed by atoms with Crippen LogP contribution in [0, 0.1) is 45.3 Å². The van der Waals surface area contributed by atoms with Crippen molar-refractivity contribution in [2.75, 3.05) is 0 Å². The van der Waals surface area contributed by atoms with Crippen molar-refractivity contribution < 1.29 is 20.1 Å². The molecule has 366 valence electrons. The van der Waals surface area contributed by atoms with E-state index in [-0.39, 0.29) is 33.7 Å². The van der Waals surface area contributed by atoms with Gasteiger partial charge in [-0.05, 0) is 231 Å². The van der Waals surface area contributed by atoms with E-state index in [2.05, 4.69) is 140 Å². The first-order valence-corrected chi connectivity index (χ1v) is 26.2. The molecule has 0 saturated heterocycles. The fourth-order valence-corrected chi connectivity index (χ4v) is 13.8. The number of aliphatic hydroxyl groups excluding tert-OH is 1. The molecule has 0 spiro atoms. The van der Waals surface area contributed by atoms with E-state index in [1.807, 2.05) is 6.92 Å². The largest absolute Gasteiger partial charge is 0.393 e. The first-order chi connectivity index (χ1) is 29.6. The number of aliphatic hydroxyl groups is 3. The minimum absolute atomic E-state index is 0.0477. The number of rotatable bonds is 18. The van der Waals surface area contributed by atoms with E-state index >= 15 is 0 Å². The third kappa shape index (κ3) is 15.0. The molecule has 0 heterocycles. The summed E-state index contributed by atoms with van der Waals surface area (Å²) in [5.41, 5.74) is 7.31. The van der Waals surface area contributed by atoms with Crippen LogP contribution in [-0.2, 0) is 4.79 Å². The van der Waals surface area contributed by atoms with Crippen LogP contribution in [0.15, 0.2) is 69.9 Å². The summed E-state index contributed by atoms with van der Waals surface area (Å²) >= 11 is 0. The zero-order valence-electron chi connectivity index (χ0n) is 44.7. The van der Waals surface area contributed by atoms with Crippen molar-refractivity contribution in [3.8, 4) is 0 Å². The van der Waals surface area contributed by atoms with Crippen molar-refractivity contribution in [2.24, 2.45) is 45.3 Å². The SMILES string of the molecule is CC(C)=CCC/C(C)=C/CC/C(C)=C/CC[C@@H]1[C@@]2(C)CCC(=O)C(C)(C)C2CC[C@@]1(C)O.CC(C)=CCC/C(C)=C/CC/C(C)=C/CC[C@@H]1[C@@]2(C)CC[C@H](O)C(C)(C)C2CC[C@@]1(C)O. The molecule has 0 aliphatic heterocycles. The van der Waals surface area contributed by atoms with Crippen LogP contribution in [-0.4, -0.2) is 38.4 Å². The summed E-state index contributed by atoms with van der Waals surface area (Å²) < 4.78 is 0. The molecule has 3 N–H and O–H groups in total. The summed E-state index contributed by atoms with van der Waals surface area (Å²) in [5, 5.41) is 33.4. The van der Waals surface area contributed by atoms with Gasteiger partial charge in [0.2, 0.25) is 0 Å². The molecule has 4 aliphatic rings. The Morgan fingerprint density at radius 1 is 0.500 bits per heavy atom. The average Bonchev–Trinajstić information content (AvgIpc) is 3.17. The van der Waals surface area contributed by atoms with Crippen molar-refractivity contribution in [3.63, 3.8) is 0 Å². The molecular formula is C60H102O4. The van der Waals surface area contributed by atoms with Crippen LogP contribution in [0.4, 0.5) is 0 Å². The first kappa shape index (κ1) is 56.3. The molecule has 0 amide bonds. The quantitative estimate of drug-likeness (QED) is 0.120. The summed E-state index contributed by atoms with van der Waals surface area (Å²) in [6.45, 7) is 35.3. The molecule has 2 unspecified atom stereocenters. The maximum atomic E-state index is 12.6. The number of allylic oxidation sites excluding steroid dienone is 12. The van der Waals surface area contributed by atoms with Gasteiger partial charge in [-0.2, -0.15) is 0 Å². The van der Waals surface area contributed by atoms with Gasteiger partial charge in [0.15, 0.2) is 0 Å². The monoisotopic (exact) mass is 887 g/mol. The van der Waals surface area contributed by atoms with Crippen LogP contribution in [0.5, 0.6) is 0 Å². The smallest absolute Gasteiger partial charge is 0.138 e. The molecule has 0 aromatic carbocycles. The van der Waals surface area contributed by atoms with Gasteiger partial charge in [-0.15, -0.1) is 0 Å². The van der Waals surface area contributed by atoms with Gasteiger partial charge in [0.25, 0.3) is 0 Å². The molecule has 4 heteroatoms. The van der Waals surface area contributed by atoms with Gasteiger partial charge in [-0.1, -0.05) is 111 Å². The molecule has 9 atom stereocenters. The highest BCUT2D eigenvalue weighted by molar-refractivity contribution is 5.85. The molecule has 0 bridgehead atoms. The summed E-state index contributed by atoms with van der Waals surface area (Å²) in [7, 11) is 0. The fourth-order valence-electron chi connectivity index (χ4n) is 13.8. The number of fused-ring (bicyclic) bond motifs is 2. The standard InChI is InChI=1S/C30H52O2.C30H50O2/c2*1-22(2)12-9-13-23(3)14-10-15-24(4)16-11-17-26-29(7)20-19-27(31)28(5,6)25(29)18-21-30(26,8)32/h12,14,16,25-27,31-32H,9-11,13,15,17-21H2,1-8H3;12,14,16,25-26,32H,9-11,13,15,17-21H2,1-8H3/b2*23-14+,24-16+/t25?,26-,27+,29+,30-;25?,26-,29+,30-/m11/s1. The van der Waals surface area contributed by atoms with E-state index in [0.717, 1.165) is 122 Å². The number of carbonyl (C=O) groups is 1. The lowest BCUT2D eigenvalue weighted by Gasteiger charge is -2.62. The number of hydrogen-bond donors (Lipinski definition) is 3. The topological polar surface area (TPSA) is 77.8 Å². The predicted octanol–water partition coefficient (Wildman–Crippen LogP) is 16.5. The van der Waals surface area contributed by atoms with Crippen LogP contribution in [0.1, 0.15) is 239 Å². The zero-order chi connectivity index (χ0) is 48.3. The average molecular weight is 887 g/mol. The third-order valence-corrected chi connectivity index (χ3v) is 17.9.